The number of hydrogen-bond acceptors (Lipinski definition) is 0. The zero-order valence-electron chi connectivity index (χ0n) is 21.8. The van der Waals surface area contributed by atoms with Gasteiger partial charge in [0.1, 0.15) is 0 Å². The summed E-state index contributed by atoms with van der Waals surface area (Å²) in [5.74, 6) is 0. The molecule has 2 aliphatic carbocycles. The molecule has 2 aliphatic rings. The molecular weight excluding hydrogens is 527 g/mol. The molecule has 0 saturated heterocycles. The van der Waals surface area contributed by atoms with Crippen molar-refractivity contribution < 1.29 is 48.1 Å². The molecule has 0 aliphatic heterocycles. The fraction of sp³-hybridized carbons (Fsp3) is 0.714. The van der Waals surface area contributed by atoms with E-state index in [1.165, 1.54) is 88.2 Å². The molecular formula is C28H48Cl2SiZr-2. The molecule has 0 saturated carbocycles. The van der Waals surface area contributed by atoms with Crippen molar-refractivity contribution in [2.75, 3.05) is 0 Å². The van der Waals surface area contributed by atoms with Crippen molar-refractivity contribution in [3.63, 3.8) is 0 Å². The van der Waals surface area contributed by atoms with E-state index in [0.29, 0.717) is 0 Å². The van der Waals surface area contributed by atoms with Gasteiger partial charge in [0, 0.05) is 0 Å². The van der Waals surface area contributed by atoms with Gasteiger partial charge in [-0.1, -0.05) is 91.9 Å². The minimum atomic E-state index is 0. The largest absolute Gasteiger partial charge is 1.00 e. The van der Waals surface area contributed by atoms with Crippen LogP contribution in [0.15, 0.2) is 34.4 Å². The summed E-state index contributed by atoms with van der Waals surface area (Å²) in [6.45, 7) is 13.6. The Labute approximate surface area is 229 Å². The molecule has 0 nitrogen and oxygen atoms in total. The zero-order chi connectivity index (χ0) is 22.6. The van der Waals surface area contributed by atoms with E-state index in [0.717, 1.165) is 12.8 Å². The maximum atomic E-state index is 3.47. The third-order valence-corrected chi connectivity index (χ3v) is 5.14. The van der Waals surface area contributed by atoms with Crippen molar-refractivity contribution in [3.8, 4) is 0 Å². The first-order chi connectivity index (χ1) is 14.5. The van der Waals surface area contributed by atoms with E-state index in [4.69, 9.17) is 0 Å². The van der Waals surface area contributed by atoms with Gasteiger partial charge in [0.05, 0.1) is 0 Å². The molecule has 0 aromatic rings. The Balaban J connectivity index is -0.000000428. The molecule has 0 aromatic carbocycles. The topological polar surface area (TPSA) is 0 Å². The van der Waals surface area contributed by atoms with Gasteiger partial charge in [0.2, 0.25) is 0 Å². The second-order valence-corrected chi connectivity index (χ2v) is 18.2. The van der Waals surface area contributed by atoms with E-state index in [1.807, 2.05) is 0 Å². The second-order valence-electron chi connectivity index (χ2n) is 8.78. The van der Waals surface area contributed by atoms with Crippen LogP contribution in [-0.2, 0) is 23.3 Å². The van der Waals surface area contributed by atoms with Gasteiger partial charge in [-0.05, 0) is 12.8 Å². The van der Waals surface area contributed by atoms with Crippen LogP contribution in [0.4, 0.5) is 0 Å². The summed E-state index contributed by atoms with van der Waals surface area (Å²) in [6.07, 6.45) is 29.5. The van der Waals surface area contributed by atoms with Gasteiger partial charge in [0.15, 0.2) is 0 Å². The van der Waals surface area contributed by atoms with Crippen molar-refractivity contribution in [2.45, 2.75) is 131 Å². The van der Waals surface area contributed by atoms with Gasteiger partial charge in [-0.3, -0.25) is 12.2 Å². The Hall–Kier alpha value is 0.640. The van der Waals surface area contributed by atoms with E-state index in [-0.39, 0.29) is 30.2 Å². The van der Waals surface area contributed by atoms with Crippen molar-refractivity contribution in [1.29, 1.82) is 0 Å². The summed E-state index contributed by atoms with van der Waals surface area (Å²) in [4.78, 5) is 0. The number of unbranched alkanes of at least 4 members (excludes halogenated alkanes) is 4. The zero-order valence-corrected chi connectivity index (χ0v) is 26.8. The molecule has 0 bridgehead atoms. The molecule has 0 N–H and O–H groups in total. The predicted octanol–water partition coefficient (Wildman–Crippen LogP) is 3.65. The minimum Gasteiger partial charge on any atom is -1.00 e. The number of hydrogen-bond donors (Lipinski definition) is 0. The maximum Gasteiger partial charge on any atom is -1.00 e. The molecule has 32 heavy (non-hydrogen) atoms. The molecule has 0 amide bonds. The number of allylic oxidation sites excluding steroid dienone is 8. The normalized spacial score (nSPS) is 13.8. The van der Waals surface area contributed by atoms with Gasteiger partial charge in [-0.25, -0.2) is 23.3 Å². The third kappa shape index (κ3) is 22.4. The summed E-state index contributed by atoms with van der Waals surface area (Å²) < 4.78 is 0. The summed E-state index contributed by atoms with van der Waals surface area (Å²) in [5, 5.41) is 0. The molecule has 184 valence electrons. The van der Waals surface area contributed by atoms with Crippen molar-refractivity contribution in [2.24, 2.45) is 0 Å². The standard InChI is InChI=1S/2C13H21.C2H6Si.2ClH.Zr/c2*1-3-5-7-12-9-10-13(11-12)8-6-4-2;1-3-2;;;/h2*11H,3-9H2,1-2H3;1-2H3;2*1H;/q2*-1;;;;+2/p-2. The van der Waals surface area contributed by atoms with Crippen molar-refractivity contribution in [3.05, 3.63) is 46.6 Å². The Morgan fingerprint density at radius 1 is 0.656 bits per heavy atom. The number of rotatable bonds is 12. The minimum absolute atomic E-state index is 0. The SMILES string of the molecule is CCCCC1=[C-]CC(CCCC)=C1.CCCCC1=[C-]CC(CCCC)=C1.C[Si](C)=[Zr+2].[Cl-].[Cl-]. The van der Waals surface area contributed by atoms with E-state index >= 15 is 0 Å². The summed E-state index contributed by atoms with van der Waals surface area (Å²) >= 11 is 1.74. The fourth-order valence-electron chi connectivity index (χ4n) is 3.34. The van der Waals surface area contributed by atoms with Crippen LogP contribution in [0.5, 0.6) is 0 Å². The van der Waals surface area contributed by atoms with E-state index in [9.17, 15) is 0 Å². The molecule has 0 heterocycles. The van der Waals surface area contributed by atoms with Gasteiger partial charge < -0.3 is 24.8 Å². The van der Waals surface area contributed by atoms with Crippen LogP contribution < -0.4 is 24.8 Å². The molecule has 0 atom stereocenters. The Kier molecular flexibility index (Phi) is 30.5. The Morgan fingerprint density at radius 2 is 0.938 bits per heavy atom. The van der Waals surface area contributed by atoms with Crippen LogP contribution in [0, 0.1) is 12.2 Å². The molecule has 0 aromatic heterocycles. The molecule has 0 fully saturated rings. The molecule has 0 spiro atoms. The quantitative estimate of drug-likeness (QED) is 0.247. The van der Waals surface area contributed by atoms with Gasteiger partial charge >= 0.3 is 41.9 Å². The summed E-state index contributed by atoms with van der Waals surface area (Å²) in [5.41, 5.74) is 6.35. The summed E-state index contributed by atoms with van der Waals surface area (Å²) in [7, 11) is 0. The average molecular weight is 575 g/mol. The fourth-order valence-corrected chi connectivity index (χ4v) is 3.34. The smallest absolute Gasteiger partial charge is 1.00 e. The summed E-state index contributed by atoms with van der Waals surface area (Å²) in [6, 6.07) is 0. The first kappa shape index (κ1) is 37.2. The monoisotopic (exact) mass is 572 g/mol. The van der Waals surface area contributed by atoms with E-state index in [1.54, 1.807) is 34.5 Å². The van der Waals surface area contributed by atoms with E-state index in [2.05, 4.69) is 65.1 Å². The average Bonchev–Trinajstić information content (AvgIpc) is 3.37. The van der Waals surface area contributed by atoms with Gasteiger partial charge in [-0.15, -0.1) is 12.8 Å². The Morgan fingerprint density at radius 3 is 1.22 bits per heavy atom. The van der Waals surface area contributed by atoms with Crippen LogP contribution in [0.1, 0.15) is 118 Å². The Bertz CT molecular complexity index is 538. The van der Waals surface area contributed by atoms with Crippen LogP contribution in [0.25, 0.3) is 0 Å². The van der Waals surface area contributed by atoms with Crippen molar-refractivity contribution in [1.82, 2.24) is 0 Å². The third-order valence-electron chi connectivity index (χ3n) is 5.14. The van der Waals surface area contributed by atoms with Crippen LogP contribution >= 0.6 is 0 Å². The first-order valence-corrected chi connectivity index (χ1v) is 18.7. The second kappa shape index (κ2) is 26.2. The van der Waals surface area contributed by atoms with Gasteiger partial charge in [-0.2, -0.15) is 11.1 Å². The molecule has 0 radical (unpaired) electrons. The predicted molar refractivity (Wildman–Crippen MR) is 134 cm³/mol. The van der Waals surface area contributed by atoms with E-state index < -0.39 is 0 Å². The molecule has 2 rings (SSSR count). The van der Waals surface area contributed by atoms with Crippen LogP contribution in [0.3, 0.4) is 0 Å². The number of halogens is 2. The van der Waals surface area contributed by atoms with Crippen LogP contribution in [0.2, 0.25) is 13.1 Å². The van der Waals surface area contributed by atoms with Crippen molar-refractivity contribution >= 4 is 5.43 Å². The first-order valence-electron chi connectivity index (χ1n) is 12.6. The molecule has 4 heteroatoms. The molecule has 0 unspecified atom stereocenters. The maximum absolute atomic E-state index is 3.47. The van der Waals surface area contributed by atoms with Crippen LogP contribution in [-0.4, -0.2) is 5.43 Å². The van der Waals surface area contributed by atoms with Gasteiger partial charge in [0.25, 0.3) is 0 Å².